The molecule has 0 saturated carbocycles. The lowest BCUT2D eigenvalue weighted by Gasteiger charge is -2.07. The molecule has 0 radical (unpaired) electrons. The summed E-state index contributed by atoms with van der Waals surface area (Å²) in [6.45, 7) is 1.16. The van der Waals surface area contributed by atoms with Crippen LogP contribution < -0.4 is 10.0 Å². The van der Waals surface area contributed by atoms with Gasteiger partial charge in [-0.05, 0) is 18.6 Å². The van der Waals surface area contributed by atoms with Crippen LogP contribution in [0.25, 0.3) is 0 Å². The van der Waals surface area contributed by atoms with Crippen molar-refractivity contribution in [2.45, 2.75) is 17.7 Å². The second kappa shape index (κ2) is 8.68. The summed E-state index contributed by atoms with van der Waals surface area (Å²) < 4.78 is 31.0. The van der Waals surface area contributed by atoms with Gasteiger partial charge in [-0.1, -0.05) is 18.2 Å². The number of ether oxygens (including phenoxy) is 1. The van der Waals surface area contributed by atoms with Crippen molar-refractivity contribution in [2.75, 3.05) is 26.8 Å². The van der Waals surface area contributed by atoms with Crippen LogP contribution in [0.5, 0.6) is 0 Å². The predicted octanol–water partition coefficient (Wildman–Crippen LogP) is 0.508. The van der Waals surface area contributed by atoms with Crippen molar-refractivity contribution < 1.29 is 17.9 Å². The first-order chi connectivity index (χ1) is 9.56. The Morgan fingerprint density at radius 1 is 1.20 bits per heavy atom. The molecule has 0 fully saturated rings. The van der Waals surface area contributed by atoms with Crippen molar-refractivity contribution in [3.05, 3.63) is 30.3 Å². The van der Waals surface area contributed by atoms with Crippen molar-refractivity contribution >= 4 is 15.9 Å². The number of carbonyl (C=O) groups excluding carboxylic acids is 1. The maximum atomic E-state index is 11.9. The zero-order valence-electron chi connectivity index (χ0n) is 11.5. The van der Waals surface area contributed by atoms with E-state index in [2.05, 4.69) is 10.0 Å². The number of sulfonamides is 1. The molecule has 0 spiro atoms. The minimum absolute atomic E-state index is 0.110. The minimum atomic E-state index is -3.48. The molecular formula is C13H20N2O4S. The van der Waals surface area contributed by atoms with Gasteiger partial charge in [-0.2, -0.15) is 0 Å². The number of carbonyl (C=O) groups is 1. The molecule has 1 amide bonds. The fourth-order valence-electron chi connectivity index (χ4n) is 1.52. The summed E-state index contributed by atoms with van der Waals surface area (Å²) >= 11 is 0. The van der Waals surface area contributed by atoms with Crippen molar-refractivity contribution in [3.63, 3.8) is 0 Å². The molecule has 0 aliphatic carbocycles. The van der Waals surface area contributed by atoms with Crippen molar-refractivity contribution in [1.29, 1.82) is 0 Å². The van der Waals surface area contributed by atoms with Gasteiger partial charge in [0.25, 0.3) is 0 Å². The van der Waals surface area contributed by atoms with Crippen molar-refractivity contribution in [1.82, 2.24) is 10.0 Å². The molecule has 6 nitrogen and oxygen atoms in total. The average Bonchev–Trinajstić information content (AvgIpc) is 2.45. The highest BCUT2D eigenvalue weighted by molar-refractivity contribution is 7.89. The number of nitrogens with one attached hydrogen (secondary N) is 2. The Kier molecular flexibility index (Phi) is 7.21. The van der Waals surface area contributed by atoms with E-state index < -0.39 is 10.0 Å². The molecule has 1 aromatic carbocycles. The first kappa shape index (κ1) is 16.6. The Hall–Kier alpha value is -1.44. The van der Waals surface area contributed by atoms with Crippen LogP contribution in [-0.4, -0.2) is 41.1 Å². The smallest absolute Gasteiger partial charge is 0.240 e. The molecule has 0 bridgehead atoms. The molecule has 0 saturated heterocycles. The van der Waals surface area contributed by atoms with E-state index in [4.69, 9.17) is 4.74 Å². The van der Waals surface area contributed by atoms with Crippen LogP contribution in [0.15, 0.2) is 35.2 Å². The van der Waals surface area contributed by atoms with Crippen LogP contribution in [0.3, 0.4) is 0 Å². The van der Waals surface area contributed by atoms with Crippen LogP contribution in [0.4, 0.5) is 0 Å². The molecule has 0 aliphatic rings. The van der Waals surface area contributed by atoms with Gasteiger partial charge in [-0.15, -0.1) is 0 Å². The van der Waals surface area contributed by atoms with Gasteiger partial charge in [-0.3, -0.25) is 4.79 Å². The van der Waals surface area contributed by atoms with Gasteiger partial charge in [0.2, 0.25) is 15.9 Å². The molecule has 1 rings (SSSR count). The van der Waals surface area contributed by atoms with Crippen molar-refractivity contribution in [3.8, 4) is 0 Å². The third kappa shape index (κ3) is 6.14. The number of amides is 1. The number of benzene rings is 1. The molecular weight excluding hydrogens is 280 g/mol. The first-order valence-corrected chi connectivity index (χ1v) is 7.85. The zero-order chi connectivity index (χ0) is 14.8. The van der Waals surface area contributed by atoms with E-state index >= 15 is 0 Å². The molecule has 112 valence electrons. The standard InChI is InChI=1S/C13H20N2O4S/c1-19-11-10-14-13(16)8-5-9-15-20(17,18)12-6-3-2-4-7-12/h2-4,6-7,15H,5,8-11H2,1H3,(H,14,16). The third-order valence-corrected chi connectivity index (χ3v) is 4.03. The quantitative estimate of drug-likeness (QED) is 0.651. The summed E-state index contributed by atoms with van der Waals surface area (Å²) in [5, 5.41) is 2.67. The summed E-state index contributed by atoms with van der Waals surface area (Å²) in [5.74, 6) is -0.110. The number of rotatable bonds is 9. The second-order valence-corrected chi connectivity index (χ2v) is 5.92. The fourth-order valence-corrected chi connectivity index (χ4v) is 2.61. The number of hydrogen-bond donors (Lipinski definition) is 2. The average molecular weight is 300 g/mol. The van der Waals surface area contributed by atoms with E-state index in [-0.39, 0.29) is 23.8 Å². The summed E-state index contributed by atoms with van der Waals surface area (Å²) in [6.07, 6.45) is 0.728. The van der Waals surface area contributed by atoms with E-state index in [1.54, 1.807) is 25.3 Å². The monoisotopic (exact) mass is 300 g/mol. The molecule has 7 heteroatoms. The van der Waals surface area contributed by atoms with Crippen molar-refractivity contribution in [2.24, 2.45) is 0 Å². The van der Waals surface area contributed by atoms with Gasteiger partial charge < -0.3 is 10.1 Å². The maximum Gasteiger partial charge on any atom is 0.240 e. The topological polar surface area (TPSA) is 84.5 Å². The van der Waals surface area contributed by atoms with Gasteiger partial charge in [-0.25, -0.2) is 13.1 Å². The van der Waals surface area contributed by atoms with Crippen LogP contribution in [0.2, 0.25) is 0 Å². The van der Waals surface area contributed by atoms with Gasteiger partial charge in [0.1, 0.15) is 0 Å². The summed E-state index contributed by atoms with van der Waals surface area (Å²) in [5.41, 5.74) is 0. The maximum absolute atomic E-state index is 11.9. The Labute approximate surface area is 119 Å². The van der Waals surface area contributed by atoms with Crippen LogP contribution >= 0.6 is 0 Å². The Morgan fingerprint density at radius 2 is 1.90 bits per heavy atom. The third-order valence-electron chi connectivity index (χ3n) is 2.55. The highest BCUT2D eigenvalue weighted by Gasteiger charge is 2.12. The van der Waals surface area contributed by atoms with Gasteiger partial charge in [0.05, 0.1) is 11.5 Å². The Bertz CT molecular complexity index is 502. The fraction of sp³-hybridized carbons (Fsp3) is 0.462. The predicted molar refractivity (Wildman–Crippen MR) is 75.8 cm³/mol. The van der Waals surface area contributed by atoms with Gasteiger partial charge >= 0.3 is 0 Å². The number of hydrogen-bond acceptors (Lipinski definition) is 4. The lowest BCUT2D eigenvalue weighted by atomic mass is 10.3. The number of methoxy groups -OCH3 is 1. The molecule has 0 aliphatic heterocycles. The second-order valence-electron chi connectivity index (χ2n) is 4.16. The molecule has 0 unspecified atom stereocenters. The van der Waals surface area contributed by atoms with E-state index in [0.29, 0.717) is 19.6 Å². The Morgan fingerprint density at radius 3 is 2.55 bits per heavy atom. The highest BCUT2D eigenvalue weighted by Crippen LogP contribution is 2.06. The molecule has 0 atom stereocenters. The Balaban J connectivity index is 2.26. The van der Waals surface area contributed by atoms with Crippen LogP contribution in [0.1, 0.15) is 12.8 Å². The lowest BCUT2D eigenvalue weighted by molar-refractivity contribution is -0.121. The largest absolute Gasteiger partial charge is 0.383 e. The summed E-state index contributed by atoms with van der Waals surface area (Å²) in [7, 11) is -1.92. The molecule has 20 heavy (non-hydrogen) atoms. The SMILES string of the molecule is COCCNC(=O)CCCNS(=O)(=O)c1ccccc1. The normalized spacial score (nSPS) is 11.2. The molecule has 1 aromatic rings. The summed E-state index contributed by atoms with van der Waals surface area (Å²) in [6, 6.07) is 8.14. The molecule has 0 heterocycles. The van der Waals surface area contributed by atoms with E-state index in [9.17, 15) is 13.2 Å². The molecule has 2 N–H and O–H groups in total. The van der Waals surface area contributed by atoms with Crippen LogP contribution in [-0.2, 0) is 19.6 Å². The van der Waals surface area contributed by atoms with E-state index in [0.717, 1.165) is 0 Å². The van der Waals surface area contributed by atoms with E-state index in [1.165, 1.54) is 12.1 Å². The van der Waals surface area contributed by atoms with Crippen LogP contribution in [0, 0.1) is 0 Å². The van der Waals surface area contributed by atoms with E-state index in [1.807, 2.05) is 0 Å². The van der Waals surface area contributed by atoms with Gasteiger partial charge in [0, 0.05) is 26.6 Å². The minimum Gasteiger partial charge on any atom is -0.383 e. The zero-order valence-corrected chi connectivity index (χ0v) is 12.3. The first-order valence-electron chi connectivity index (χ1n) is 6.36. The summed E-state index contributed by atoms with van der Waals surface area (Å²) in [4.78, 5) is 11.6. The van der Waals surface area contributed by atoms with Gasteiger partial charge in [0.15, 0.2) is 0 Å². The lowest BCUT2D eigenvalue weighted by Crippen LogP contribution is -2.29. The highest BCUT2D eigenvalue weighted by atomic mass is 32.2. The molecule has 0 aromatic heterocycles.